The van der Waals surface area contributed by atoms with Crippen molar-refractivity contribution in [3.63, 3.8) is 0 Å². The summed E-state index contributed by atoms with van der Waals surface area (Å²) in [5.41, 5.74) is 2.64. The number of ether oxygens (including phenoxy) is 2. The predicted molar refractivity (Wildman–Crippen MR) is 120 cm³/mol. The maximum absolute atomic E-state index is 13.3. The van der Waals surface area contributed by atoms with Gasteiger partial charge in [-0.15, -0.1) is 12.4 Å². The van der Waals surface area contributed by atoms with Gasteiger partial charge in [-0.1, -0.05) is 6.08 Å². The number of benzene rings is 1. The highest BCUT2D eigenvalue weighted by molar-refractivity contribution is 6.01. The van der Waals surface area contributed by atoms with Crippen molar-refractivity contribution in [3.05, 3.63) is 29.8 Å². The zero-order valence-corrected chi connectivity index (χ0v) is 19.3. The van der Waals surface area contributed by atoms with Gasteiger partial charge in [-0.25, -0.2) is 4.79 Å². The highest BCUT2D eigenvalue weighted by Crippen LogP contribution is 2.40. The van der Waals surface area contributed by atoms with Crippen molar-refractivity contribution >= 4 is 35.7 Å². The van der Waals surface area contributed by atoms with E-state index in [1.54, 1.807) is 18.9 Å². The van der Waals surface area contributed by atoms with Gasteiger partial charge in [-0.3, -0.25) is 9.69 Å². The summed E-state index contributed by atoms with van der Waals surface area (Å²) in [6.07, 6.45) is 1.85. The zero-order valence-electron chi connectivity index (χ0n) is 18.4. The highest BCUT2D eigenvalue weighted by Gasteiger charge is 2.36. The summed E-state index contributed by atoms with van der Waals surface area (Å²) in [6, 6.07) is 5.84. The first-order valence-electron chi connectivity index (χ1n) is 10.1. The second kappa shape index (κ2) is 9.71. The van der Waals surface area contributed by atoms with Gasteiger partial charge in [0.25, 0.3) is 0 Å². The summed E-state index contributed by atoms with van der Waals surface area (Å²) in [6.45, 7) is 11.1. The van der Waals surface area contributed by atoms with Gasteiger partial charge in [-0.05, 0) is 51.5 Å². The fourth-order valence-electron chi connectivity index (χ4n) is 4.16. The molecule has 0 bridgehead atoms. The molecule has 8 heteroatoms. The van der Waals surface area contributed by atoms with Crippen LogP contribution < -0.4 is 9.64 Å². The van der Waals surface area contributed by atoms with Crippen LogP contribution in [-0.4, -0.2) is 73.8 Å². The average Bonchev–Trinajstić information content (AvgIpc) is 2.67. The van der Waals surface area contributed by atoms with Gasteiger partial charge in [0.15, 0.2) is 0 Å². The Bertz CT molecular complexity index is 817. The van der Waals surface area contributed by atoms with Crippen molar-refractivity contribution in [2.24, 2.45) is 0 Å². The van der Waals surface area contributed by atoms with Gasteiger partial charge in [-0.2, -0.15) is 0 Å². The van der Waals surface area contributed by atoms with Crippen LogP contribution in [0.15, 0.2) is 24.3 Å². The predicted octanol–water partition coefficient (Wildman–Crippen LogP) is 3.42. The molecule has 7 nitrogen and oxygen atoms in total. The fourth-order valence-corrected chi connectivity index (χ4v) is 4.16. The first-order valence-corrected chi connectivity index (χ1v) is 10.1. The Morgan fingerprint density at radius 1 is 1.13 bits per heavy atom. The summed E-state index contributed by atoms with van der Waals surface area (Å²) < 4.78 is 10.4. The van der Waals surface area contributed by atoms with Crippen LogP contribution in [0.5, 0.6) is 5.75 Å². The smallest absolute Gasteiger partial charge is 0.409 e. The summed E-state index contributed by atoms with van der Waals surface area (Å²) >= 11 is 0. The minimum Gasteiger partial charge on any atom is -0.497 e. The Hall–Kier alpha value is -2.25. The van der Waals surface area contributed by atoms with Crippen molar-refractivity contribution in [1.29, 1.82) is 0 Å². The van der Waals surface area contributed by atoms with Gasteiger partial charge in [0.05, 0.1) is 31.5 Å². The molecule has 166 valence electrons. The number of amides is 2. The number of anilines is 1. The van der Waals surface area contributed by atoms with Crippen LogP contribution in [0.4, 0.5) is 10.5 Å². The summed E-state index contributed by atoms with van der Waals surface area (Å²) in [7, 11) is 1.65. The van der Waals surface area contributed by atoms with Gasteiger partial charge in [0.2, 0.25) is 5.91 Å². The number of nitrogens with zero attached hydrogens (tertiary/aromatic N) is 3. The molecule has 1 aromatic rings. The van der Waals surface area contributed by atoms with E-state index in [0.717, 1.165) is 22.6 Å². The van der Waals surface area contributed by atoms with Crippen LogP contribution in [0.1, 0.15) is 33.3 Å². The second-order valence-corrected chi connectivity index (χ2v) is 8.06. The largest absolute Gasteiger partial charge is 0.497 e. The van der Waals surface area contributed by atoms with E-state index in [-0.39, 0.29) is 24.4 Å². The third-order valence-corrected chi connectivity index (χ3v) is 5.52. The number of rotatable bonds is 4. The molecular formula is C22H32ClN3O4. The van der Waals surface area contributed by atoms with Gasteiger partial charge >= 0.3 is 6.09 Å². The van der Waals surface area contributed by atoms with E-state index in [1.807, 2.05) is 23.1 Å². The SMILES string of the molecule is CCOC(=O)N1CCN(CC(=O)N2c3ccc(OC)cc3C(C)=CC2(C)C)CC1.Cl. The number of piperazine rings is 1. The van der Waals surface area contributed by atoms with Crippen LogP contribution in [0.25, 0.3) is 5.57 Å². The van der Waals surface area contributed by atoms with E-state index >= 15 is 0 Å². The lowest BCUT2D eigenvalue weighted by Crippen LogP contribution is -2.55. The van der Waals surface area contributed by atoms with Crippen molar-refractivity contribution in [2.45, 2.75) is 33.2 Å². The zero-order chi connectivity index (χ0) is 21.2. The van der Waals surface area contributed by atoms with E-state index in [0.29, 0.717) is 39.3 Å². The van der Waals surface area contributed by atoms with Gasteiger partial charge in [0, 0.05) is 31.7 Å². The Morgan fingerprint density at radius 3 is 2.40 bits per heavy atom. The van der Waals surface area contributed by atoms with E-state index in [1.165, 1.54) is 0 Å². The molecule has 0 atom stereocenters. The monoisotopic (exact) mass is 437 g/mol. The number of methoxy groups -OCH3 is 1. The average molecular weight is 438 g/mol. The molecule has 2 aliphatic heterocycles. The first-order chi connectivity index (χ1) is 13.8. The lowest BCUT2D eigenvalue weighted by Gasteiger charge is -2.43. The standard InChI is InChI=1S/C22H31N3O4.ClH/c1-6-29-21(27)24-11-9-23(10-12-24)15-20(26)25-19-8-7-17(28-5)13-18(19)16(2)14-22(25,3)4;/h7-8,13-14H,6,9-12,15H2,1-5H3;1H. The molecule has 3 rings (SSSR count). The number of fused-ring (bicyclic) bond motifs is 1. The fraction of sp³-hybridized carbons (Fsp3) is 0.545. The van der Waals surface area contributed by atoms with Gasteiger partial charge in [0.1, 0.15) is 5.75 Å². The highest BCUT2D eigenvalue weighted by atomic mass is 35.5. The van der Waals surface area contributed by atoms with E-state index in [9.17, 15) is 9.59 Å². The van der Waals surface area contributed by atoms with Crippen LogP contribution in [0.2, 0.25) is 0 Å². The molecule has 2 amide bonds. The first kappa shape index (κ1) is 24.0. The molecule has 0 aromatic heterocycles. The number of halogens is 1. The van der Waals surface area contributed by atoms with Gasteiger partial charge < -0.3 is 19.3 Å². The Morgan fingerprint density at radius 2 is 1.80 bits per heavy atom. The lowest BCUT2D eigenvalue weighted by molar-refractivity contribution is -0.120. The number of hydrogen-bond donors (Lipinski definition) is 0. The molecule has 0 saturated carbocycles. The molecule has 0 N–H and O–H groups in total. The summed E-state index contributed by atoms with van der Waals surface area (Å²) in [5.74, 6) is 0.827. The van der Waals surface area contributed by atoms with E-state index in [4.69, 9.17) is 9.47 Å². The van der Waals surface area contributed by atoms with E-state index < -0.39 is 5.54 Å². The van der Waals surface area contributed by atoms with Crippen molar-refractivity contribution in [2.75, 3.05) is 51.3 Å². The normalized spacial score (nSPS) is 18.1. The molecule has 0 spiro atoms. The van der Waals surface area contributed by atoms with Crippen molar-refractivity contribution < 1.29 is 19.1 Å². The van der Waals surface area contributed by atoms with Crippen molar-refractivity contribution in [1.82, 2.24) is 9.80 Å². The maximum atomic E-state index is 13.3. The van der Waals surface area contributed by atoms with E-state index in [2.05, 4.69) is 31.7 Å². The molecule has 2 aliphatic rings. The molecule has 0 radical (unpaired) electrons. The molecule has 0 unspecified atom stereocenters. The van der Waals surface area contributed by atoms with Crippen LogP contribution >= 0.6 is 12.4 Å². The lowest BCUT2D eigenvalue weighted by atomic mass is 9.88. The third kappa shape index (κ3) is 4.90. The number of carbonyl (C=O) groups is 2. The molecular weight excluding hydrogens is 406 g/mol. The van der Waals surface area contributed by atoms with Crippen LogP contribution in [-0.2, 0) is 9.53 Å². The molecule has 0 aliphatic carbocycles. The Balaban J connectivity index is 0.00000320. The summed E-state index contributed by atoms with van der Waals surface area (Å²) in [5, 5.41) is 0. The maximum Gasteiger partial charge on any atom is 0.409 e. The second-order valence-electron chi connectivity index (χ2n) is 8.06. The number of allylic oxidation sites excluding steroid dienone is 1. The van der Waals surface area contributed by atoms with Crippen LogP contribution in [0, 0.1) is 0 Å². The molecule has 1 aromatic carbocycles. The third-order valence-electron chi connectivity index (χ3n) is 5.52. The quantitative estimate of drug-likeness (QED) is 0.722. The summed E-state index contributed by atoms with van der Waals surface area (Å²) in [4.78, 5) is 30.9. The number of hydrogen-bond acceptors (Lipinski definition) is 5. The Kier molecular flexibility index (Phi) is 7.77. The molecule has 2 heterocycles. The minimum atomic E-state index is -0.421. The topological polar surface area (TPSA) is 62.3 Å². The molecule has 30 heavy (non-hydrogen) atoms. The molecule has 1 saturated heterocycles. The molecule has 1 fully saturated rings. The Labute approximate surface area is 185 Å². The number of carbonyl (C=O) groups excluding carboxylic acids is 2. The van der Waals surface area contributed by atoms with Crippen molar-refractivity contribution in [3.8, 4) is 5.75 Å². The van der Waals surface area contributed by atoms with Crippen LogP contribution in [0.3, 0.4) is 0 Å². The minimum absolute atomic E-state index is 0.